The molecular weight excluding hydrogens is 264 g/mol. The number of likely N-dealkylation sites (N-methyl/N-ethyl adjacent to an activating group) is 1. The molecule has 1 aliphatic rings. The number of piperazine rings is 1. The maximum atomic E-state index is 5.97. The molecule has 0 saturated carbocycles. The molecule has 2 heterocycles. The predicted octanol–water partition coefficient (Wildman–Crippen LogP) is 1.32. The molecule has 112 valence electrons. The molecule has 0 radical (unpaired) electrons. The van der Waals surface area contributed by atoms with E-state index in [0.717, 1.165) is 42.0 Å². The van der Waals surface area contributed by atoms with Crippen LogP contribution in [-0.4, -0.2) is 56.3 Å². The zero-order chi connectivity index (χ0) is 14.8. The molecule has 0 amide bonds. The second-order valence-corrected chi connectivity index (χ2v) is 5.54. The number of hydrogen-bond donors (Lipinski definition) is 1. The van der Waals surface area contributed by atoms with Gasteiger partial charge in [0.2, 0.25) is 0 Å². The lowest BCUT2D eigenvalue weighted by Crippen LogP contribution is -2.55. The van der Waals surface area contributed by atoms with Gasteiger partial charge in [0.15, 0.2) is 0 Å². The van der Waals surface area contributed by atoms with E-state index < -0.39 is 0 Å². The smallest absolute Gasteiger partial charge is 0.136 e. The highest BCUT2D eigenvalue weighted by Crippen LogP contribution is 2.32. The van der Waals surface area contributed by atoms with Crippen molar-refractivity contribution in [2.24, 2.45) is 5.73 Å². The first kappa shape index (κ1) is 14.1. The first-order valence-corrected chi connectivity index (χ1v) is 7.31. The van der Waals surface area contributed by atoms with Crippen molar-refractivity contribution >= 4 is 16.6 Å². The van der Waals surface area contributed by atoms with E-state index in [0.29, 0.717) is 12.6 Å². The maximum absolute atomic E-state index is 5.97. The average molecular weight is 286 g/mol. The summed E-state index contributed by atoms with van der Waals surface area (Å²) in [5.41, 5.74) is 5.97. The summed E-state index contributed by atoms with van der Waals surface area (Å²) in [4.78, 5) is 9.28. The van der Waals surface area contributed by atoms with Gasteiger partial charge in [-0.2, -0.15) is 0 Å². The van der Waals surface area contributed by atoms with Gasteiger partial charge in [-0.1, -0.05) is 12.1 Å². The molecule has 1 atom stereocenters. The van der Waals surface area contributed by atoms with Crippen molar-refractivity contribution in [1.29, 1.82) is 0 Å². The summed E-state index contributed by atoms with van der Waals surface area (Å²) in [5.74, 6) is 1.89. The van der Waals surface area contributed by atoms with Gasteiger partial charge in [0.25, 0.3) is 0 Å². The second kappa shape index (κ2) is 5.87. The molecule has 1 saturated heterocycles. The van der Waals surface area contributed by atoms with E-state index in [2.05, 4.69) is 27.9 Å². The van der Waals surface area contributed by atoms with Gasteiger partial charge >= 0.3 is 0 Å². The van der Waals surface area contributed by atoms with Crippen molar-refractivity contribution in [3.05, 3.63) is 30.5 Å². The van der Waals surface area contributed by atoms with E-state index in [1.807, 2.05) is 24.4 Å². The highest BCUT2D eigenvalue weighted by atomic mass is 16.5. The third kappa shape index (κ3) is 2.54. The Balaban J connectivity index is 2.07. The van der Waals surface area contributed by atoms with Crippen LogP contribution in [0.5, 0.6) is 5.75 Å². The van der Waals surface area contributed by atoms with Gasteiger partial charge in [-0.15, -0.1) is 0 Å². The Morgan fingerprint density at radius 1 is 1.29 bits per heavy atom. The van der Waals surface area contributed by atoms with Gasteiger partial charge in [0.1, 0.15) is 11.6 Å². The largest absolute Gasteiger partial charge is 0.496 e. The molecule has 3 rings (SSSR count). The standard InChI is InChI=1S/C16H22N4O/c1-19-8-9-20(12(10-17)11-19)16-14-4-3-5-15(21-2)13(14)6-7-18-16/h3-7,12H,8-11,17H2,1-2H3. The van der Waals surface area contributed by atoms with Crippen molar-refractivity contribution in [3.63, 3.8) is 0 Å². The molecule has 1 aromatic carbocycles. The van der Waals surface area contributed by atoms with Crippen LogP contribution in [-0.2, 0) is 0 Å². The van der Waals surface area contributed by atoms with Crippen LogP contribution in [0.4, 0.5) is 5.82 Å². The van der Waals surface area contributed by atoms with Crippen LogP contribution in [0.1, 0.15) is 0 Å². The molecular formula is C16H22N4O. The van der Waals surface area contributed by atoms with Crippen LogP contribution < -0.4 is 15.4 Å². The SMILES string of the molecule is COc1cccc2c(N3CCN(C)CC3CN)nccc12. The average Bonchev–Trinajstić information content (AvgIpc) is 2.53. The number of rotatable bonds is 3. The van der Waals surface area contributed by atoms with Crippen LogP contribution >= 0.6 is 0 Å². The summed E-state index contributed by atoms with van der Waals surface area (Å²) >= 11 is 0. The quantitative estimate of drug-likeness (QED) is 0.922. The Labute approximate surface area is 125 Å². The number of anilines is 1. The van der Waals surface area contributed by atoms with E-state index >= 15 is 0 Å². The minimum absolute atomic E-state index is 0.299. The van der Waals surface area contributed by atoms with Crippen LogP contribution in [0, 0.1) is 0 Å². The van der Waals surface area contributed by atoms with Crippen LogP contribution in [0.3, 0.4) is 0 Å². The Hall–Kier alpha value is -1.85. The van der Waals surface area contributed by atoms with Gasteiger partial charge in [0, 0.05) is 43.1 Å². The molecule has 2 aromatic rings. The molecule has 1 aliphatic heterocycles. The second-order valence-electron chi connectivity index (χ2n) is 5.54. The normalized spacial score (nSPS) is 20.0. The van der Waals surface area contributed by atoms with Crippen molar-refractivity contribution < 1.29 is 4.74 Å². The number of methoxy groups -OCH3 is 1. The topological polar surface area (TPSA) is 54.6 Å². The first-order valence-electron chi connectivity index (χ1n) is 7.31. The Morgan fingerprint density at radius 2 is 2.14 bits per heavy atom. The fourth-order valence-electron chi connectivity index (χ4n) is 3.06. The number of fused-ring (bicyclic) bond motifs is 1. The number of benzene rings is 1. The van der Waals surface area contributed by atoms with E-state index in [1.54, 1.807) is 7.11 Å². The predicted molar refractivity (Wildman–Crippen MR) is 86.0 cm³/mol. The molecule has 2 N–H and O–H groups in total. The number of pyridine rings is 1. The zero-order valence-electron chi connectivity index (χ0n) is 12.6. The van der Waals surface area contributed by atoms with Crippen molar-refractivity contribution in [2.45, 2.75) is 6.04 Å². The van der Waals surface area contributed by atoms with Gasteiger partial charge in [-0.3, -0.25) is 0 Å². The third-order valence-corrected chi connectivity index (χ3v) is 4.19. The number of aromatic nitrogens is 1. The molecule has 21 heavy (non-hydrogen) atoms. The lowest BCUT2D eigenvalue weighted by molar-refractivity contribution is 0.269. The molecule has 1 unspecified atom stereocenters. The molecule has 0 aliphatic carbocycles. The number of nitrogens with zero attached hydrogens (tertiary/aromatic N) is 3. The van der Waals surface area contributed by atoms with Crippen molar-refractivity contribution in [2.75, 3.05) is 45.2 Å². The summed E-state index contributed by atoms with van der Waals surface area (Å²) in [6.07, 6.45) is 1.85. The first-order chi connectivity index (χ1) is 10.2. The zero-order valence-corrected chi connectivity index (χ0v) is 12.6. The summed E-state index contributed by atoms with van der Waals surface area (Å²) < 4.78 is 5.46. The highest BCUT2D eigenvalue weighted by molar-refractivity contribution is 5.96. The Kier molecular flexibility index (Phi) is 3.94. The van der Waals surface area contributed by atoms with Crippen LogP contribution in [0.25, 0.3) is 10.8 Å². The summed E-state index contributed by atoms with van der Waals surface area (Å²) in [6.45, 7) is 3.57. The van der Waals surface area contributed by atoms with Gasteiger partial charge in [-0.25, -0.2) is 4.98 Å². The van der Waals surface area contributed by atoms with E-state index in [1.165, 1.54) is 0 Å². The third-order valence-electron chi connectivity index (χ3n) is 4.19. The van der Waals surface area contributed by atoms with E-state index in [-0.39, 0.29) is 0 Å². The van der Waals surface area contributed by atoms with Gasteiger partial charge in [0.05, 0.1) is 13.2 Å². The van der Waals surface area contributed by atoms with E-state index in [4.69, 9.17) is 10.5 Å². The lowest BCUT2D eigenvalue weighted by atomic mass is 10.1. The highest BCUT2D eigenvalue weighted by Gasteiger charge is 2.26. The summed E-state index contributed by atoms with van der Waals surface area (Å²) in [5, 5.41) is 2.22. The number of hydrogen-bond acceptors (Lipinski definition) is 5. The van der Waals surface area contributed by atoms with Gasteiger partial charge in [-0.05, 0) is 19.2 Å². The minimum atomic E-state index is 0.299. The fourth-order valence-corrected chi connectivity index (χ4v) is 3.06. The molecule has 1 fully saturated rings. The maximum Gasteiger partial charge on any atom is 0.136 e. The number of nitrogens with two attached hydrogens (primary N) is 1. The van der Waals surface area contributed by atoms with Crippen molar-refractivity contribution in [3.8, 4) is 5.75 Å². The van der Waals surface area contributed by atoms with Gasteiger partial charge < -0.3 is 20.3 Å². The summed E-state index contributed by atoms with van der Waals surface area (Å²) in [7, 11) is 3.84. The fraction of sp³-hybridized carbons (Fsp3) is 0.438. The van der Waals surface area contributed by atoms with Crippen molar-refractivity contribution in [1.82, 2.24) is 9.88 Å². The molecule has 1 aromatic heterocycles. The lowest BCUT2D eigenvalue weighted by Gasteiger charge is -2.40. The van der Waals surface area contributed by atoms with Crippen LogP contribution in [0.2, 0.25) is 0 Å². The van der Waals surface area contributed by atoms with Crippen LogP contribution in [0.15, 0.2) is 30.5 Å². The minimum Gasteiger partial charge on any atom is -0.496 e. The summed E-state index contributed by atoms with van der Waals surface area (Å²) in [6, 6.07) is 8.40. The molecule has 0 bridgehead atoms. The Morgan fingerprint density at radius 3 is 2.90 bits per heavy atom. The Bertz CT molecular complexity index is 631. The molecule has 0 spiro atoms. The molecule has 5 nitrogen and oxygen atoms in total. The van der Waals surface area contributed by atoms with E-state index in [9.17, 15) is 0 Å². The monoisotopic (exact) mass is 286 g/mol. The molecule has 5 heteroatoms. The number of ether oxygens (including phenoxy) is 1.